The van der Waals surface area contributed by atoms with Crippen molar-refractivity contribution < 1.29 is 132 Å². The Labute approximate surface area is 244 Å². The van der Waals surface area contributed by atoms with E-state index < -0.39 is 31.3 Å². The molecule has 25 nitrogen and oxygen atoms in total. The molecule has 0 saturated carbocycles. The Kier molecular flexibility index (Phi) is 44.2. The first-order chi connectivity index (χ1) is 14.4. The molecule has 42 heavy (non-hydrogen) atoms. The third-order valence-corrected chi connectivity index (χ3v) is 5.94. The molecule has 2 heterocycles. The summed E-state index contributed by atoms with van der Waals surface area (Å²) in [6.07, 6.45) is 3.60. The van der Waals surface area contributed by atoms with Gasteiger partial charge in [-0.15, -0.1) is 0 Å². The van der Waals surface area contributed by atoms with Crippen LogP contribution < -0.4 is 39.1 Å². The molecule has 0 spiro atoms. The Morgan fingerprint density at radius 1 is 0.452 bits per heavy atom. The van der Waals surface area contributed by atoms with E-state index in [0.29, 0.717) is 0 Å². The van der Waals surface area contributed by atoms with Crippen molar-refractivity contribution >= 4 is 53.1 Å². The van der Waals surface area contributed by atoms with Gasteiger partial charge in [0, 0.05) is 23.2 Å². The number of aromatic nitrogens is 2. The minimum absolute atomic E-state index is 0. The van der Waals surface area contributed by atoms with Crippen LogP contribution in [0.3, 0.4) is 0 Å². The van der Waals surface area contributed by atoms with Crippen molar-refractivity contribution in [2.45, 2.75) is 0 Å². The number of benzene rings is 1. The van der Waals surface area contributed by atoms with Gasteiger partial charge in [0.15, 0.2) is 0 Å². The number of nitrogens with zero attached hydrogens (tertiary/aromatic N) is 2. The molecule has 1 radical (unpaired) electrons. The molecule has 0 unspecified atom stereocenters. The summed E-state index contributed by atoms with van der Waals surface area (Å²) in [6.45, 7) is 0. The Hall–Kier alpha value is -1.28. The summed E-state index contributed by atoms with van der Waals surface area (Å²) in [7, 11) is -22.7. The molecule has 3 rings (SSSR count). The monoisotopic (exact) mass is 753 g/mol. The number of fused-ring (bicyclic) bond motifs is 3. The van der Waals surface area contributed by atoms with Gasteiger partial charge in [-0.05, 0) is 12.1 Å². The molecule has 0 atom stereocenters. The first kappa shape index (κ1) is 68.1. The maximum absolute atomic E-state index is 9.32. The van der Waals surface area contributed by atoms with E-state index in [2.05, 4.69) is 42.9 Å². The van der Waals surface area contributed by atoms with Gasteiger partial charge in [0.2, 0.25) is 0 Å². The van der Waals surface area contributed by atoms with Crippen molar-refractivity contribution in [3.8, 4) is 0 Å². The van der Waals surface area contributed by atoms with Crippen LogP contribution in [0, 0.1) is 0 Å². The zero-order valence-electron chi connectivity index (χ0n) is 19.8. The summed E-state index contributed by atoms with van der Waals surface area (Å²) in [6, 6.07) is 12.1. The van der Waals surface area contributed by atoms with E-state index in [-0.39, 0.29) is 66.4 Å². The first-order valence-electron chi connectivity index (χ1n) is 7.46. The normalized spacial score (nSPS) is 9.52. The van der Waals surface area contributed by atoms with Crippen LogP contribution in [0.5, 0.6) is 0 Å². The first-order valence-corrected chi connectivity index (χ1v) is 13.3. The van der Waals surface area contributed by atoms with Gasteiger partial charge in [0.05, 0.1) is 42.3 Å². The number of pyridine rings is 2. The number of rotatable bonds is 4. The molecule has 0 bridgehead atoms. The zero-order valence-corrected chi connectivity index (χ0v) is 24.3. The van der Waals surface area contributed by atoms with E-state index in [1.807, 2.05) is 12.1 Å². The van der Waals surface area contributed by atoms with Gasteiger partial charge in [0.1, 0.15) is 0 Å². The fourth-order valence-electron chi connectivity index (χ4n) is 1.92. The van der Waals surface area contributed by atoms with Gasteiger partial charge in [-0.2, -0.15) is 0 Å². The molecule has 18 N–H and O–H groups in total. The van der Waals surface area contributed by atoms with Crippen LogP contribution in [-0.4, -0.2) is 59.3 Å². The number of hydrogen-bond acceptors (Lipinski definition) is 16. The quantitative estimate of drug-likeness (QED) is 0.136. The minimum atomic E-state index is -5.68. The van der Waals surface area contributed by atoms with Crippen molar-refractivity contribution in [1.82, 2.24) is 9.97 Å². The van der Waals surface area contributed by atoms with E-state index in [0.717, 1.165) is 21.8 Å². The van der Waals surface area contributed by atoms with Crippen LogP contribution in [0.4, 0.5) is 0 Å². The van der Waals surface area contributed by atoms with Crippen LogP contribution in [0.25, 0.3) is 21.8 Å². The molecular weight excluding hydrogens is 728 g/mol. The van der Waals surface area contributed by atoms with Gasteiger partial charge in [0.25, 0.3) is 0 Å². The van der Waals surface area contributed by atoms with Crippen molar-refractivity contribution in [2.75, 3.05) is 0 Å². The van der Waals surface area contributed by atoms with Crippen LogP contribution in [0.2, 0.25) is 0 Å². The minimum Gasteiger partial charge on any atom is -0.790 e. The van der Waals surface area contributed by atoms with E-state index in [1.54, 1.807) is 12.4 Å². The SMILES string of the molecule is O.O.O.O.O.O.O.O.O.O=P([O-])([O-])OP(=O)([O-])[O-].O=P([O-])([O-])OP(=O)([O-])[O-].[Cu+2].c1cnc2c(c1)ccc1cccnc12. The molecule has 30 heteroatoms. The average Bonchev–Trinajstić information content (AvgIpc) is 2.56. The standard InChI is InChI=1S/C12H8N2.Cu.2H4O7P2.9H2O/c1-3-9-5-6-10-4-2-8-14-12(10)11(9)13-7-1;;2*1-8(2,3)7-9(4,5)6;;;;;;;;;/h1-8H;;2*(H2,1,2,3)(H2,4,5,6);9*1H2/q;+2;;;;;;;;;;;/p-8. The van der Waals surface area contributed by atoms with Crippen LogP contribution >= 0.6 is 31.3 Å². The third kappa shape index (κ3) is 31.7. The molecule has 259 valence electrons. The molecular formula is C12H26CuN2O23P4-6. The largest absolute Gasteiger partial charge is 2.00 e. The van der Waals surface area contributed by atoms with Crippen LogP contribution in [0.1, 0.15) is 0 Å². The fourth-order valence-corrected chi connectivity index (χ4v) is 3.88. The van der Waals surface area contributed by atoms with E-state index in [9.17, 15) is 57.4 Å². The molecule has 0 aliphatic carbocycles. The fraction of sp³-hybridized carbons (Fsp3) is 0. The Morgan fingerprint density at radius 3 is 0.833 bits per heavy atom. The molecule has 0 amide bonds. The van der Waals surface area contributed by atoms with E-state index in [4.69, 9.17) is 0 Å². The van der Waals surface area contributed by atoms with Crippen molar-refractivity contribution in [2.24, 2.45) is 0 Å². The molecule has 3 aromatic rings. The predicted molar refractivity (Wildman–Crippen MR) is 122 cm³/mol. The van der Waals surface area contributed by atoms with Gasteiger partial charge in [-0.25, -0.2) is 0 Å². The van der Waals surface area contributed by atoms with Gasteiger partial charge in [-0.3, -0.25) is 9.97 Å². The molecule has 0 fully saturated rings. The second kappa shape index (κ2) is 27.3. The van der Waals surface area contributed by atoms with Gasteiger partial charge in [-0.1, -0.05) is 24.3 Å². The summed E-state index contributed by atoms with van der Waals surface area (Å²) in [4.78, 5) is 83.3. The zero-order chi connectivity index (χ0) is 24.8. The molecule has 0 saturated heterocycles. The Bertz CT molecular complexity index is 1120. The molecule has 2 aromatic heterocycles. The third-order valence-electron chi connectivity index (χ3n) is 2.74. The second-order valence-electron chi connectivity index (χ2n) is 5.17. The van der Waals surface area contributed by atoms with Gasteiger partial charge < -0.3 is 115 Å². The maximum Gasteiger partial charge on any atom is 2.00 e. The Balaban J connectivity index is -0.0000000423. The topological polar surface area (TPSA) is 580 Å². The summed E-state index contributed by atoms with van der Waals surface area (Å²) in [5.74, 6) is 0. The van der Waals surface area contributed by atoms with E-state index in [1.165, 1.54) is 0 Å². The van der Waals surface area contributed by atoms with E-state index >= 15 is 0 Å². The van der Waals surface area contributed by atoms with Crippen molar-refractivity contribution in [3.05, 3.63) is 48.8 Å². The summed E-state index contributed by atoms with van der Waals surface area (Å²) in [5, 5.41) is 2.28. The smallest absolute Gasteiger partial charge is 0.790 e. The molecule has 1 aromatic carbocycles. The van der Waals surface area contributed by atoms with Crippen LogP contribution in [0.15, 0.2) is 48.8 Å². The Morgan fingerprint density at radius 2 is 0.667 bits per heavy atom. The van der Waals surface area contributed by atoms with Gasteiger partial charge >= 0.3 is 17.1 Å². The van der Waals surface area contributed by atoms with Crippen molar-refractivity contribution in [1.29, 1.82) is 0 Å². The van der Waals surface area contributed by atoms with Crippen molar-refractivity contribution in [3.63, 3.8) is 0 Å². The second-order valence-corrected chi connectivity index (χ2v) is 10.1. The van der Waals surface area contributed by atoms with Crippen LogP contribution in [-0.2, 0) is 44.0 Å². The number of phosphoric acid groups is 4. The summed E-state index contributed by atoms with van der Waals surface area (Å²) >= 11 is 0. The summed E-state index contributed by atoms with van der Waals surface area (Å²) < 4.78 is 42.3. The average molecular weight is 754 g/mol. The predicted octanol–water partition coefficient (Wildman–Crippen LogP) is -11.3. The molecule has 0 aliphatic heterocycles. The molecule has 0 aliphatic rings. The number of hydrogen-bond donors (Lipinski definition) is 0. The summed E-state index contributed by atoms with van der Waals surface area (Å²) in [5.41, 5.74) is 1.95. The maximum atomic E-state index is 9.32.